The third-order valence-electron chi connectivity index (χ3n) is 5.62. The highest BCUT2D eigenvalue weighted by atomic mass is 31.2. The van der Waals surface area contributed by atoms with E-state index in [2.05, 4.69) is 0 Å². The highest BCUT2D eigenvalue weighted by molar-refractivity contribution is 7.53. The number of hydrogen-bond donors (Lipinski definition) is 3. The fraction of sp³-hybridized carbons (Fsp3) is 0.591. The first kappa shape index (κ1) is 24.8. The van der Waals surface area contributed by atoms with Crippen LogP contribution in [0.4, 0.5) is 0 Å². The zero-order valence-corrected chi connectivity index (χ0v) is 18.3. The number of rotatable bonds is 13. The molecule has 1 aromatic carbocycles. The van der Waals surface area contributed by atoms with E-state index in [0.717, 1.165) is 5.56 Å². The molecule has 1 fully saturated rings. The molecule has 0 heterocycles. The number of aliphatic carboxylic acids is 1. The molecule has 2 rings (SSSR count). The third kappa shape index (κ3) is 7.97. The summed E-state index contributed by atoms with van der Waals surface area (Å²) in [4.78, 5) is 10.5. The second-order valence-corrected chi connectivity index (χ2v) is 10.0. The second kappa shape index (κ2) is 12.4. The summed E-state index contributed by atoms with van der Waals surface area (Å²) in [6.07, 6.45) is 5.35. The second-order valence-electron chi connectivity index (χ2n) is 7.74. The highest BCUT2D eigenvalue weighted by Gasteiger charge is 2.42. The predicted octanol–water partition coefficient (Wildman–Crippen LogP) is 3.64. The number of carboxylic acid groups (broad SMARTS) is 1. The van der Waals surface area contributed by atoms with Crippen molar-refractivity contribution in [3.63, 3.8) is 0 Å². The van der Waals surface area contributed by atoms with Crippen LogP contribution in [0.25, 0.3) is 0 Å². The van der Waals surface area contributed by atoms with Gasteiger partial charge in [0.05, 0.1) is 25.0 Å². The fourth-order valence-corrected chi connectivity index (χ4v) is 5.14. The number of aryl methyl sites for hydroxylation is 1. The quantitative estimate of drug-likeness (QED) is 0.244. The number of aliphatic hydroxyl groups is 2. The van der Waals surface area contributed by atoms with E-state index in [0.29, 0.717) is 25.7 Å². The Kier molecular flexibility index (Phi) is 10.2. The van der Waals surface area contributed by atoms with Crippen molar-refractivity contribution >= 4 is 13.6 Å². The zero-order chi connectivity index (χ0) is 22.0. The molecule has 7 nitrogen and oxygen atoms in total. The molecule has 2 unspecified atom stereocenters. The molecule has 30 heavy (non-hydrogen) atoms. The maximum Gasteiger partial charge on any atom is 0.330 e. The first-order valence-electron chi connectivity index (χ1n) is 10.4. The third-order valence-corrected chi connectivity index (χ3v) is 7.49. The number of hydrogen-bond acceptors (Lipinski definition) is 6. The van der Waals surface area contributed by atoms with Gasteiger partial charge >= 0.3 is 13.6 Å². The molecule has 1 aromatic rings. The van der Waals surface area contributed by atoms with Crippen LogP contribution in [0.5, 0.6) is 0 Å². The SMILES string of the molecule is COP(=O)(CCc1ccccc1)OC[C@@H]1C(CC=CCCCC(=O)O)[C@@H](O)C[C@H]1O. The Morgan fingerprint density at radius 2 is 1.87 bits per heavy atom. The van der Waals surface area contributed by atoms with Gasteiger partial charge in [0.15, 0.2) is 0 Å². The minimum atomic E-state index is -3.31. The van der Waals surface area contributed by atoms with Crippen LogP contribution >= 0.6 is 7.60 Å². The van der Waals surface area contributed by atoms with Gasteiger partial charge in [-0.3, -0.25) is 9.36 Å². The van der Waals surface area contributed by atoms with Crippen LogP contribution in [0.15, 0.2) is 42.5 Å². The summed E-state index contributed by atoms with van der Waals surface area (Å²) in [7, 11) is -1.94. The normalized spacial score (nSPS) is 26.1. The molecule has 5 atom stereocenters. The van der Waals surface area contributed by atoms with Crippen molar-refractivity contribution in [1.82, 2.24) is 0 Å². The van der Waals surface area contributed by atoms with Crippen molar-refractivity contribution < 1.29 is 33.7 Å². The molecule has 8 heteroatoms. The predicted molar refractivity (Wildman–Crippen MR) is 114 cm³/mol. The summed E-state index contributed by atoms with van der Waals surface area (Å²) in [5.74, 6) is -1.37. The van der Waals surface area contributed by atoms with E-state index >= 15 is 0 Å². The number of allylic oxidation sites excluding steroid dienone is 2. The molecule has 3 N–H and O–H groups in total. The largest absolute Gasteiger partial charge is 0.481 e. The van der Waals surface area contributed by atoms with Gasteiger partial charge in [-0.25, -0.2) is 0 Å². The Hall–Kier alpha value is -1.50. The lowest BCUT2D eigenvalue weighted by atomic mass is 9.91. The van der Waals surface area contributed by atoms with E-state index in [1.54, 1.807) is 0 Å². The molecule has 0 bridgehead atoms. The monoisotopic (exact) mass is 440 g/mol. The Bertz CT molecular complexity index is 721. The van der Waals surface area contributed by atoms with E-state index in [9.17, 15) is 19.6 Å². The summed E-state index contributed by atoms with van der Waals surface area (Å²) >= 11 is 0. The molecule has 0 spiro atoms. The molecule has 0 saturated heterocycles. The van der Waals surface area contributed by atoms with Gasteiger partial charge in [0.25, 0.3) is 0 Å². The lowest BCUT2D eigenvalue weighted by Gasteiger charge is -2.25. The van der Waals surface area contributed by atoms with E-state index in [4.69, 9.17) is 14.2 Å². The van der Waals surface area contributed by atoms with Crippen molar-refractivity contribution in [1.29, 1.82) is 0 Å². The number of unbranched alkanes of at least 4 members (excludes halogenated alkanes) is 1. The summed E-state index contributed by atoms with van der Waals surface area (Å²) < 4.78 is 23.8. The van der Waals surface area contributed by atoms with Gasteiger partial charge in [-0.2, -0.15) is 0 Å². The Labute approximate surface area is 178 Å². The van der Waals surface area contributed by atoms with Gasteiger partial charge < -0.3 is 24.4 Å². The average molecular weight is 440 g/mol. The van der Waals surface area contributed by atoms with Crippen LogP contribution in [0, 0.1) is 11.8 Å². The van der Waals surface area contributed by atoms with Crippen LogP contribution in [-0.2, 0) is 24.8 Å². The molecule has 1 aliphatic carbocycles. The molecule has 0 aromatic heterocycles. The minimum Gasteiger partial charge on any atom is -0.481 e. The van der Waals surface area contributed by atoms with Gasteiger partial charge in [-0.1, -0.05) is 42.5 Å². The number of carbonyl (C=O) groups is 1. The molecule has 0 amide bonds. The van der Waals surface area contributed by atoms with E-state index in [1.165, 1.54) is 7.11 Å². The molecular weight excluding hydrogens is 407 g/mol. The fourth-order valence-electron chi connectivity index (χ4n) is 3.80. The molecular formula is C22H33O7P. The summed E-state index contributed by atoms with van der Waals surface area (Å²) in [6.45, 7) is 0.0512. The maximum absolute atomic E-state index is 12.9. The summed E-state index contributed by atoms with van der Waals surface area (Å²) in [5.41, 5.74) is 1.04. The van der Waals surface area contributed by atoms with Crippen LogP contribution in [-0.4, -0.2) is 53.4 Å². The van der Waals surface area contributed by atoms with Crippen molar-refractivity contribution in [2.75, 3.05) is 19.9 Å². The molecule has 1 saturated carbocycles. The maximum atomic E-state index is 12.9. The first-order valence-corrected chi connectivity index (χ1v) is 12.1. The van der Waals surface area contributed by atoms with Crippen LogP contribution < -0.4 is 0 Å². The van der Waals surface area contributed by atoms with Gasteiger partial charge in [-0.05, 0) is 43.6 Å². The highest BCUT2D eigenvalue weighted by Crippen LogP contribution is 2.49. The number of aliphatic hydroxyl groups excluding tert-OH is 2. The number of benzene rings is 1. The van der Waals surface area contributed by atoms with Crippen molar-refractivity contribution in [2.24, 2.45) is 11.8 Å². The number of carboxylic acids is 1. The Morgan fingerprint density at radius 3 is 2.53 bits per heavy atom. The molecule has 1 aliphatic rings. The lowest BCUT2D eigenvalue weighted by Crippen LogP contribution is -2.26. The zero-order valence-electron chi connectivity index (χ0n) is 17.4. The van der Waals surface area contributed by atoms with Gasteiger partial charge in [0.1, 0.15) is 0 Å². The van der Waals surface area contributed by atoms with Gasteiger partial charge in [0.2, 0.25) is 0 Å². The molecule has 0 aliphatic heterocycles. The van der Waals surface area contributed by atoms with E-state index < -0.39 is 25.8 Å². The Morgan fingerprint density at radius 1 is 1.17 bits per heavy atom. The molecule has 0 radical (unpaired) electrons. The van der Waals surface area contributed by atoms with Gasteiger partial charge in [0, 0.05) is 19.4 Å². The lowest BCUT2D eigenvalue weighted by molar-refractivity contribution is -0.137. The van der Waals surface area contributed by atoms with Crippen molar-refractivity contribution in [3.8, 4) is 0 Å². The van der Waals surface area contributed by atoms with Crippen molar-refractivity contribution in [2.45, 2.75) is 50.7 Å². The smallest absolute Gasteiger partial charge is 0.330 e. The first-order chi connectivity index (χ1) is 14.3. The van der Waals surface area contributed by atoms with Crippen LogP contribution in [0.1, 0.15) is 37.7 Å². The summed E-state index contributed by atoms with van der Waals surface area (Å²) in [5, 5.41) is 29.3. The van der Waals surface area contributed by atoms with Gasteiger partial charge in [-0.15, -0.1) is 0 Å². The Balaban J connectivity index is 1.87. The van der Waals surface area contributed by atoms with Crippen LogP contribution in [0.2, 0.25) is 0 Å². The standard InChI is InChI=1S/C22H33O7P/c1-28-30(27,14-13-17-9-5-4-6-10-17)29-16-19-18(20(23)15-21(19)24)11-7-2-3-8-12-22(25)26/h2,4-7,9-10,18-21,23-24H,3,8,11-16H2,1H3,(H,25,26)/t18?,19-,20+,21-,30?/m1/s1. The average Bonchev–Trinajstić information content (AvgIpc) is 3.00. The van der Waals surface area contributed by atoms with E-state index in [-0.39, 0.29) is 37.4 Å². The van der Waals surface area contributed by atoms with Crippen LogP contribution in [0.3, 0.4) is 0 Å². The summed E-state index contributed by atoms with van der Waals surface area (Å²) in [6, 6.07) is 9.67. The van der Waals surface area contributed by atoms with E-state index in [1.807, 2.05) is 42.5 Å². The van der Waals surface area contributed by atoms with Crippen molar-refractivity contribution in [3.05, 3.63) is 48.0 Å². The minimum absolute atomic E-state index is 0.0512. The topological polar surface area (TPSA) is 113 Å². The molecule has 168 valence electrons.